The zero-order chi connectivity index (χ0) is 17.4. The molecule has 0 aliphatic rings. The minimum absolute atomic E-state index is 0.0936. The Hall–Kier alpha value is -1.73. The van der Waals surface area contributed by atoms with Gasteiger partial charge in [0.2, 0.25) is 5.91 Å². The quantitative estimate of drug-likeness (QED) is 0.727. The van der Waals surface area contributed by atoms with Gasteiger partial charge in [-0.15, -0.1) is 11.8 Å². The van der Waals surface area contributed by atoms with Gasteiger partial charge in [0.15, 0.2) is 11.6 Å². The van der Waals surface area contributed by atoms with Gasteiger partial charge in [0.25, 0.3) is 0 Å². The standard InChI is InChI=1S/C17H17F2NO2S2/c18-15-7-6-14(10-16(15)19)23-11-17(21)20-8-9-24(22)12-13-4-2-1-3-5-13/h1-7,10H,8-9,11-12H2,(H,20,21). The molecule has 2 aromatic carbocycles. The van der Waals surface area contributed by atoms with E-state index in [1.165, 1.54) is 6.07 Å². The van der Waals surface area contributed by atoms with E-state index in [0.29, 0.717) is 22.9 Å². The molecule has 1 N–H and O–H groups in total. The van der Waals surface area contributed by atoms with Crippen molar-refractivity contribution in [3.63, 3.8) is 0 Å². The summed E-state index contributed by atoms with van der Waals surface area (Å²) in [6, 6.07) is 13.0. The van der Waals surface area contributed by atoms with Crippen molar-refractivity contribution in [1.29, 1.82) is 0 Å². The molecule has 2 rings (SSSR count). The van der Waals surface area contributed by atoms with Gasteiger partial charge in [0.1, 0.15) is 0 Å². The minimum atomic E-state index is -1.05. The van der Waals surface area contributed by atoms with Gasteiger partial charge < -0.3 is 5.32 Å². The molecular formula is C17H17F2NO2S2. The number of carbonyl (C=O) groups excluding carboxylic acids is 1. The number of hydrogen-bond acceptors (Lipinski definition) is 3. The molecule has 0 spiro atoms. The summed E-state index contributed by atoms with van der Waals surface area (Å²) in [4.78, 5) is 12.2. The van der Waals surface area contributed by atoms with Gasteiger partial charge >= 0.3 is 0 Å². The first-order valence-electron chi connectivity index (χ1n) is 7.28. The largest absolute Gasteiger partial charge is 0.354 e. The van der Waals surface area contributed by atoms with Crippen molar-refractivity contribution in [3.8, 4) is 0 Å². The maximum atomic E-state index is 13.1. The van der Waals surface area contributed by atoms with Gasteiger partial charge in [-0.25, -0.2) is 8.78 Å². The van der Waals surface area contributed by atoms with Crippen LogP contribution in [0.5, 0.6) is 0 Å². The summed E-state index contributed by atoms with van der Waals surface area (Å²) in [6.07, 6.45) is 0. The second-order valence-corrected chi connectivity index (χ2v) is 7.61. The third-order valence-corrected chi connectivity index (χ3v) is 5.39. The fourth-order valence-electron chi connectivity index (χ4n) is 1.90. The zero-order valence-electron chi connectivity index (χ0n) is 12.8. The van der Waals surface area contributed by atoms with Crippen LogP contribution in [0.2, 0.25) is 0 Å². The van der Waals surface area contributed by atoms with Crippen LogP contribution >= 0.6 is 11.8 Å². The van der Waals surface area contributed by atoms with Gasteiger partial charge in [-0.3, -0.25) is 9.00 Å². The summed E-state index contributed by atoms with van der Waals surface area (Å²) in [5.74, 6) is -1.16. The Morgan fingerprint density at radius 2 is 1.83 bits per heavy atom. The van der Waals surface area contributed by atoms with E-state index in [0.717, 1.165) is 29.5 Å². The van der Waals surface area contributed by atoms with Gasteiger partial charge in [-0.05, 0) is 23.8 Å². The van der Waals surface area contributed by atoms with E-state index >= 15 is 0 Å². The van der Waals surface area contributed by atoms with Gasteiger partial charge in [-0.2, -0.15) is 0 Å². The lowest BCUT2D eigenvalue weighted by molar-refractivity contribution is -0.118. The van der Waals surface area contributed by atoms with Crippen molar-refractivity contribution in [2.75, 3.05) is 18.1 Å². The van der Waals surface area contributed by atoms with Gasteiger partial charge in [0, 0.05) is 33.7 Å². The number of halogens is 2. The molecule has 0 aliphatic heterocycles. The first-order chi connectivity index (χ1) is 11.5. The Kier molecular flexibility index (Phi) is 7.39. The third kappa shape index (κ3) is 6.41. The Morgan fingerprint density at radius 3 is 2.54 bits per heavy atom. The molecule has 128 valence electrons. The summed E-state index contributed by atoms with van der Waals surface area (Å²) in [5, 5.41) is 2.67. The van der Waals surface area contributed by atoms with E-state index in [2.05, 4.69) is 5.32 Å². The van der Waals surface area contributed by atoms with Crippen LogP contribution in [0.1, 0.15) is 5.56 Å². The maximum absolute atomic E-state index is 13.1. The molecule has 24 heavy (non-hydrogen) atoms. The molecule has 0 aliphatic carbocycles. The summed E-state index contributed by atoms with van der Waals surface area (Å²) in [6.45, 7) is 0.316. The molecule has 0 saturated heterocycles. The number of nitrogens with one attached hydrogen (secondary N) is 1. The number of rotatable bonds is 8. The van der Waals surface area contributed by atoms with Crippen molar-refractivity contribution in [1.82, 2.24) is 5.32 Å². The Bertz CT molecular complexity index is 711. The van der Waals surface area contributed by atoms with Crippen LogP contribution in [0.25, 0.3) is 0 Å². The molecule has 1 amide bonds. The predicted molar refractivity (Wildman–Crippen MR) is 93.2 cm³/mol. The molecule has 0 radical (unpaired) electrons. The van der Waals surface area contributed by atoms with Crippen LogP contribution in [0.15, 0.2) is 53.4 Å². The zero-order valence-corrected chi connectivity index (χ0v) is 14.5. The van der Waals surface area contributed by atoms with Crippen molar-refractivity contribution >= 4 is 28.5 Å². The molecule has 2 aromatic rings. The number of hydrogen-bond donors (Lipinski definition) is 1. The molecule has 0 saturated carbocycles. The average molecular weight is 369 g/mol. The number of amides is 1. The van der Waals surface area contributed by atoms with Crippen molar-refractivity contribution < 1.29 is 17.8 Å². The Labute approximate surface area is 146 Å². The van der Waals surface area contributed by atoms with Crippen LogP contribution in [0.4, 0.5) is 8.78 Å². The molecule has 7 heteroatoms. The molecule has 0 aromatic heterocycles. The highest BCUT2D eigenvalue weighted by molar-refractivity contribution is 8.00. The monoisotopic (exact) mass is 369 g/mol. The van der Waals surface area contributed by atoms with E-state index < -0.39 is 22.4 Å². The second kappa shape index (κ2) is 9.54. The van der Waals surface area contributed by atoms with Gasteiger partial charge in [0.05, 0.1) is 5.75 Å². The Morgan fingerprint density at radius 1 is 1.08 bits per heavy atom. The minimum Gasteiger partial charge on any atom is -0.354 e. The number of thioether (sulfide) groups is 1. The first-order valence-corrected chi connectivity index (χ1v) is 9.75. The third-order valence-electron chi connectivity index (χ3n) is 3.08. The van der Waals surface area contributed by atoms with E-state index in [4.69, 9.17) is 0 Å². The summed E-state index contributed by atoms with van der Waals surface area (Å²) in [7, 11) is -1.05. The van der Waals surface area contributed by atoms with Crippen LogP contribution in [0, 0.1) is 11.6 Å². The van der Waals surface area contributed by atoms with Gasteiger partial charge in [-0.1, -0.05) is 30.3 Å². The van der Waals surface area contributed by atoms with Crippen LogP contribution in [-0.4, -0.2) is 28.2 Å². The van der Waals surface area contributed by atoms with Crippen molar-refractivity contribution in [2.24, 2.45) is 0 Å². The molecular weight excluding hydrogens is 352 g/mol. The lowest BCUT2D eigenvalue weighted by Crippen LogP contribution is -2.29. The summed E-state index contributed by atoms with van der Waals surface area (Å²) < 4.78 is 37.8. The molecule has 0 fully saturated rings. The smallest absolute Gasteiger partial charge is 0.230 e. The number of carbonyl (C=O) groups is 1. The van der Waals surface area contributed by atoms with Crippen LogP contribution in [0.3, 0.4) is 0 Å². The maximum Gasteiger partial charge on any atom is 0.230 e. The second-order valence-electron chi connectivity index (χ2n) is 4.99. The van der Waals surface area contributed by atoms with Crippen LogP contribution in [-0.2, 0) is 21.3 Å². The Balaban J connectivity index is 1.66. The molecule has 1 unspecified atom stereocenters. The predicted octanol–water partition coefficient (Wildman–Crippen LogP) is 3.12. The van der Waals surface area contributed by atoms with E-state index in [1.807, 2.05) is 30.3 Å². The highest BCUT2D eigenvalue weighted by atomic mass is 32.2. The van der Waals surface area contributed by atoms with E-state index in [1.54, 1.807) is 0 Å². The normalized spacial score (nSPS) is 11.9. The summed E-state index contributed by atoms with van der Waals surface area (Å²) >= 11 is 1.12. The highest BCUT2D eigenvalue weighted by Gasteiger charge is 2.07. The van der Waals surface area contributed by atoms with Crippen molar-refractivity contribution in [3.05, 3.63) is 65.7 Å². The fraction of sp³-hybridized carbons (Fsp3) is 0.235. The van der Waals surface area contributed by atoms with Crippen LogP contribution < -0.4 is 5.32 Å². The molecule has 1 atom stereocenters. The SMILES string of the molecule is O=C(CSc1ccc(F)c(F)c1)NCCS(=O)Cc1ccccc1. The first kappa shape index (κ1) is 18.6. The van der Waals surface area contributed by atoms with E-state index in [-0.39, 0.29) is 11.7 Å². The molecule has 3 nitrogen and oxygen atoms in total. The summed E-state index contributed by atoms with van der Waals surface area (Å²) in [5.41, 5.74) is 0.996. The van der Waals surface area contributed by atoms with Crippen molar-refractivity contribution in [2.45, 2.75) is 10.6 Å². The molecule has 0 heterocycles. The fourth-order valence-corrected chi connectivity index (χ4v) is 3.69. The lowest BCUT2D eigenvalue weighted by atomic mass is 10.2. The molecule has 0 bridgehead atoms. The highest BCUT2D eigenvalue weighted by Crippen LogP contribution is 2.19. The topological polar surface area (TPSA) is 46.2 Å². The number of benzene rings is 2. The lowest BCUT2D eigenvalue weighted by Gasteiger charge is -2.06. The van der Waals surface area contributed by atoms with E-state index in [9.17, 15) is 17.8 Å². The average Bonchev–Trinajstić information content (AvgIpc) is 2.57.